The summed E-state index contributed by atoms with van der Waals surface area (Å²) in [6, 6.07) is 14.7. The Morgan fingerprint density at radius 2 is 1.90 bits per heavy atom. The lowest BCUT2D eigenvalue weighted by Crippen LogP contribution is -2.44. The van der Waals surface area contributed by atoms with Gasteiger partial charge in [-0.25, -0.2) is 9.79 Å². The van der Waals surface area contributed by atoms with Crippen LogP contribution in [0.4, 0.5) is 0 Å². The fourth-order valence-electron chi connectivity index (χ4n) is 4.34. The number of aromatic nitrogens is 1. The first-order chi connectivity index (χ1) is 14.5. The van der Waals surface area contributed by atoms with Crippen LogP contribution in [0.3, 0.4) is 0 Å². The number of nitrogens with zero attached hydrogens (tertiary/aromatic N) is 2. The number of carbonyl (C=O) groups is 1. The fourth-order valence-corrected chi connectivity index (χ4v) is 4.64. The molecule has 1 aliphatic carbocycles. The van der Waals surface area contributed by atoms with E-state index < -0.39 is 11.5 Å². The summed E-state index contributed by atoms with van der Waals surface area (Å²) in [4.78, 5) is 23.7. The van der Waals surface area contributed by atoms with Gasteiger partial charge in [-0.3, -0.25) is 0 Å². The molecule has 3 aromatic rings. The summed E-state index contributed by atoms with van der Waals surface area (Å²) < 4.78 is 5.29. The van der Waals surface area contributed by atoms with Gasteiger partial charge in [0.05, 0.1) is 13.4 Å². The van der Waals surface area contributed by atoms with E-state index in [-0.39, 0.29) is 6.04 Å². The number of fused-ring (bicyclic) bond motifs is 1. The number of methoxy groups -OCH3 is 1. The Hall–Kier alpha value is -2.50. The molecule has 0 amide bonds. The molecule has 5 rings (SSSR count). The molecule has 2 aliphatic rings. The highest BCUT2D eigenvalue weighted by Gasteiger charge is 2.55. The Morgan fingerprint density at radius 3 is 2.60 bits per heavy atom. The Bertz CT molecular complexity index is 1140. The Kier molecular flexibility index (Phi) is 4.75. The number of benzene rings is 2. The first-order valence-electron chi connectivity index (χ1n) is 9.95. The summed E-state index contributed by atoms with van der Waals surface area (Å²) in [5.41, 5.74) is 1.34. The number of esters is 1. The summed E-state index contributed by atoms with van der Waals surface area (Å²) in [7, 11) is 1.40. The number of rotatable bonds is 5. The molecular weight excluding hydrogens is 421 g/mol. The van der Waals surface area contributed by atoms with Crippen LogP contribution in [0, 0.1) is 5.92 Å². The van der Waals surface area contributed by atoms with E-state index in [0.29, 0.717) is 16.0 Å². The van der Waals surface area contributed by atoms with E-state index in [9.17, 15) is 4.79 Å². The predicted molar refractivity (Wildman–Crippen MR) is 119 cm³/mol. The third kappa shape index (κ3) is 3.17. The predicted octanol–water partition coefficient (Wildman–Crippen LogP) is 5.34. The summed E-state index contributed by atoms with van der Waals surface area (Å²) in [6.45, 7) is 0.844. The molecule has 30 heavy (non-hydrogen) atoms. The fraction of sp³-hybridized carbons (Fsp3) is 0.304. The molecule has 1 aliphatic heterocycles. The maximum absolute atomic E-state index is 13.3. The number of hydrogen-bond acceptors (Lipinski definition) is 4. The standard InChI is InChI=1S/C23H21Cl2N3O2/c1-30-22(29)23(16-5-8-17(24)9-6-16)21(28(13-26-23)12-14-2-3-14)20-10-15-4-7-18(25)11-19(15)27-20/h4-11,13-14,21,27H,2-3,12H2,1H3. The van der Waals surface area contributed by atoms with E-state index in [4.69, 9.17) is 32.9 Å². The van der Waals surface area contributed by atoms with Crippen LogP contribution in [0.5, 0.6) is 0 Å². The Balaban J connectivity index is 1.69. The number of hydrogen-bond donors (Lipinski definition) is 1. The average Bonchev–Trinajstić information content (AvgIpc) is 3.34. The third-order valence-corrected chi connectivity index (χ3v) is 6.47. The van der Waals surface area contributed by atoms with Gasteiger partial charge in [-0.15, -0.1) is 0 Å². The molecule has 2 unspecified atom stereocenters. The Morgan fingerprint density at radius 1 is 1.17 bits per heavy atom. The van der Waals surface area contributed by atoms with Gasteiger partial charge in [0.15, 0.2) is 0 Å². The van der Waals surface area contributed by atoms with E-state index in [0.717, 1.165) is 28.7 Å². The molecule has 0 saturated heterocycles. The zero-order valence-corrected chi connectivity index (χ0v) is 18.0. The number of nitrogens with one attached hydrogen (secondary N) is 1. The number of H-pyrrole nitrogens is 1. The lowest BCUT2D eigenvalue weighted by Gasteiger charge is -2.35. The van der Waals surface area contributed by atoms with Gasteiger partial charge < -0.3 is 14.6 Å². The molecule has 2 atom stereocenters. The summed E-state index contributed by atoms with van der Waals surface area (Å²) in [5, 5.41) is 2.29. The molecule has 2 aromatic carbocycles. The lowest BCUT2D eigenvalue weighted by atomic mass is 9.81. The van der Waals surface area contributed by atoms with Crippen molar-refractivity contribution < 1.29 is 9.53 Å². The van der Waals surface area contributed by atoms with E-state index >= 15 is 0 Å². The van der Waals surface area contributed by atoms with Crippen molar-refractivity contribution in [2.75, 3.05) is 13.7 Å². The van der Waals surface area contributed by atoms with Crippen molar-refractivity contribution >= 4 is 46.4 Å². The minimum absolute atomic E-state index is 0.363. The molecule has 1 fully saturated rings. The number of carbonyl (C=O) groups excluding carboxylic acids is 1. The highest BCUT2D eigenvalue weighted by atomic mass is 35.5. The van der Waals surface area contributed by atoms with Crippen molar-refractivity contribution in [2.45, 2.75) is 24.4 Å². The molecule has 2 heterocycles. The lowest BCUT2D eigenvalue weighted by molar-refractivity contribution is -0.149. The average molecular weight is 442 g/mol. The number of aliphatic imine (C=N–C) groups is 1. The van der Waals surface area contributed by atoms with E-state index in [1.807, 2.05) is 30.3 Å². The van der Waals surface area contributed by atoms with Gasteiger partial charge in [-0.05, 0) is 60.0 Å². The molecular formula is C23H21Cl2N3O2. The molecule has 0 radical (unpaired) electrons. The normalized spacial score (nSPS) is 23.3. The van der Waals surface area contributed by atoms with Crippen molar-refractivity contribution in [2.24, 2.45) is 10.9 Å². The summed E-state index contributed by atoms with van der Waals surface area (Å²) >= 11 is 12.3. The van der Waals surface area contributed by atoms with E-state index in [1.165, 1.54) is 20.0 Å². The summed E-state index contributed by atoms with van der Waals surface area (Å²) in [5.74, 6) is 0.220. The third-order valence-electron chi connectivity index (χ3n) is 5.98. The van der Waals surface area contributed by atoms with Crippen molar-refractivity contribution in [1.82, 2.24) is 9.88 Å². The molecule has 1 N–H and O–H groups in total. The zero-order chi connectivity index (χ0) is 20.9. The van der Waals surface area contributed by atoms with E-state index in [1.54, 1.807) is 18.5 Å². The van der Waals surface area contributed by atoms with E-state index in [2.05, 4.69) is 16.0 Å². The first kappa shape index (κ1) is 19.5. The van der Waals surface area contributed by atoms with Crippen molar-refractivity contribution in [3.63, 3.8) is 0 Å². The second-order valence-electron chi connectivity index (χ2n) is 8.01. The first-order valence-corrected chi connectivity index (χ1v) is 10.7. The number of aromatic amines is 1. The highest BCUT2D eigenvalue weighted by Crippen LogP contribution is 2.48. The van der Waals surface area contributed by atoms with Gasteiger partial charge in [0.2, 0.25) is 5.54 Å². The van der Waals surface area contributed by atoms with Crippen molar-refractivity contribution in [3.8, 4) is 0 Å². The van der Waals surface area contributed by atoms with Crippen LogP contribution in [0.25, 0.3) is 10.9 Å². The van der Waals surface area contributed by atoms with Crippen LogP contribution in [-0.2, 0) is 15.1 Å². The van der Waals surface area contributed by atoms with Gasteiger partial charge in [0.1, 0.15) is 6.04 Å². The molecule has 154 valence electrons. The molecule has 1 saturated carbocycles. The van der Waals surface area contributed by atoms with Gasteiger partial charge in [0, 0.05) is 27.8 Å². The van der Waals surface area contributed by atoms with Gasteiger partial charge in [0.25, 0.3) is 0 Å². The summed E-state index contributed by atoms with van der Waals surface area (Å²) in [6.07, 6.45) is 4.20. The smallest absolute Gasteiger partial charge is 0.341 e. The maximum atomic E-state index is 13.3. The molecule has 0 bridgehead atoms. The largest absolute Gasteiger partial charge is 0.467 e. The minimum Gasteiger partial charge on any atom is -0.467 e. The highest BCUT2D eigenvalue weighted by molar-refractivity contribution is 6.31. The molecule has 1 aromatic heterocycles. The molecule has 5 nitrogen and oxygen atoms in total. The van der Waals surface area contributed by atoms with Gasteiger partial charge in [-0.1, -0.05) is 41.4 Å². The van der Waals surface area contributed by atoms with Crippen LogP contribution in [-0.4, -0.2) is 35.8 Å². The van der Waals surface area contributed by atoms with Gasteiger partial charge in [-0.2, -0.15) is 0 Å². The van der Waals surface area contributed by atoms with Crippen LogP contribution < -0.4 is 0 Å². The maximum Gasteiger partial charge on any atom is 0.341 e. The quantitative estimate of drug-likeness (QED) is 0.543. The topological polar surface area (TPSA) is 57.7 Å². The minimum atomic E-state index is -1.22. The van der Waals surface area contributed by atoms with Crippen LogP contribution >= 0.6 is 23.2 Å². The van der Waals surface area contributed by atoms with Crippen LogP contribution in [0.15, 0.2) is 53.5 Å². The second kappa shape index (κ2) is 7.33. The van der Waals surface area contributed by atoms with Crippen molar-refractivity contribution in [3.05, 3.63) is 69.8 Å². The molecule has 0 spiro atoms. The van der Waals surface area contributed by atoms with Crippen LogP contribution in [0.1, 0.15) is 30.1 Å². The SMILES string of the molecule is COC(=O)C1(c2ccc(Cl)cc2)N=CN(CC2CC2)C1c1cc2ccc(Cl)cc2[nH]1. The molecule has 7 heteroatoms. The zero-order valence-electron chi connectivity index (χ0n) is 16.4. The number of halogens is 2. The van der Waals surface area contributed by atoms with Crippen LogP contribution in [0.2, 0.25) is 10.0 Å². The van der Waals surface area contributed by atoms with Crippen molar-refractivity contribution in [1.29, 1.82) is 0 Å². The Labute approximate surface area is 184 Å². The van der Waals surface area contributed by atoms with Gasteiger partial charge >= 0.3 is 5.97 Å². The monoisotopic (exact) mass is 441 g/mol. The number of ether oxygens (including phenoxy) is 1. The second-order valence-corrected chi connectivity index (χ2v) is 8.88.